The number of hydrogen-bond donors (Lipinski definition) is 1. The van der Waals surface area contributed by atoms with Gasteiger partial charge in [-0.3, -0.25) is 0 Å². The van der Waals surface area contributed by atoms with Crippen molar-refractivity contribution in [2.75, 3.05) is 6.61 Å². The Kier molecular flexibility index (Phi) is 5.75. The van der Waals surface area contributed by atoms with E-state index in [2.05, 4.69) is 6.58 Å². The number of aliphatic hydroxyl groups is 1. The molecule has 1 aromatic carbocycles. The monoisotopic (exact) mass is 304 g/mol. The number of hydrogen-bond acceptors (Lipinski definition) is 4. The molecule has 1 N–H and O–H groups in total. The minimum Gasteiger partial charge on any atom is -0.459 e. The summed E-state index contributed by atoms with van der Waals surface area (Å²) in [6.45, 7) is 5.51. The molecule has 4 nitrogen and oxygen atoms in total. The molecule has 0 saturated carbocycles. The first-order chi connectivity index (χ1) is 10.5. The zero-order valence-electron chi connectivity index (χ0n) is 13.0. The summed E-state index contributed by atoms with van der Waals surface area (Å²) < 4.78 is 11.2. The van der Waals surface area contributed by atoms with Crippen molar-refractivity contribution < 1.29 is 19.4 Å². The Labute approximate surface area is 131 Å². The maximum absolute atomic E-state index is 12.0. The van der Waals surface area contributed by atoms with E-state index in [0.717, 1.165) is 19.3 Å². The molecule has 2 rings (SSSR count). The van der Waals surface area contributed by atoms with Crippen LogP contribution in [-0.2, 0) is 9.47 Å². The van der Waals surface area contributed by atoms with Gasteiger partial charge in [0.25, 0.3) is 0 Å². The summed E-state index contributed by atoms with van der Waals surface area (Å²) in [6, 6.07) is 8.79. The van der Waals surface area contributed by atoms with Gasteiger partial charge in [0, 0.05) is 0 Å². The first-order valence-electron chi connectivity index (χ1n) is 7.76. The molecule has 0 radical (unpaired) electrons. The Bertz CT molecular complexity index is 499. The van der Waals surface area contributed by atoms with Gasteiger partial charge in [-0.05, 0) is 44.7 Å². The second-order valence-electron chi connectivity index (χ2n) is 5.86. The zero-order chi connectivity index (χ0) is 16.0. The summed E-state index contributed by atoms with van der Waals surface area (Å²) in [4.78, 5) is 12.0. The first kappa shape index (κ1) is 16.7. The lowest BCUT2D eigenvalue weighted by atomic mass is 9.93. The van der Waals surface area contributed by atoms with Crippen molar-refractivity contribution in [3.05, 3.63) is 48.6 Å². The van der Waals surface area contributed by atoms with E-state index in [4.69, 9.17) is 9.47 Å². The summed E-state index contributed by atoms with van der Waals surface area (Å²) in [5.74, 6) is -0.423. The normalized spacial score (nSPS) is 28.6. The molecular weight excluding hydrogens is 280 g/mol. The van der Waals surface area contributed by atoms with Gasteiger partial charge in [0.1, 0.15) is 12.2 Å². The molecule has 0 aromatic heterocycles. The number of rotatable bonds is 5. The van der Waals surface area contributed by atoms with Crippen LogP contribution in [-0.4, -0.2) is 35.5 Å². The molecule has 1 aromatic rings. The number of ether oxygens (including phenoxy) is 2. The van der Waals surface area contributed by atoms with Crippen LogP contribution in [0.25, 0.3) is 0 Å². The van der Waals surface area contributed by atoms with Gasteiger partial charge < -0.3 is 14.6 Å². The van der Waals surface area contributed by atoms with Crippen LogP contribution in [0.4, 0.5) is 0 Å². The Morgan fingerprint density at radius 3 is 2.91 bits per heavy atom. The predicted octanol–water partition coefficient (Wildman–Crippen LogP) is 3.11. The highest BCUT2D eigenvalue weighted by molar-refractivity contribution is 5.89. The maximum Gasteiger partial charge on any atom is 0.338 e. The third kappa shape index (κ3) is 4.18. The topological polar surface area (TPSA) is 55.8 Å². The van der Waals surface area contributed by atoms with Gasteiger partial charge in [0.05, 0.1) is 17.8 Å². The summed E-state index contributed by atoms with van der Waals surface area (Å²) >= 11 is 0. The van der Waals surface area contributed by atoms with Gasteiger partial charge in [-0.25, -0.2) is 4.79 Å². The van der Waals surface area contributed by atoms with Crippen LogP contribution in [0.3, 0.4) is 0 Å². The molecule has 3 atom stereocenters. The lowest BCUT2D eigenvalue weighted by molar-refractivity contribution is -0.136. The number of carbonyl (C=O) groups excluding carboxylic acids is 1. The summed E-state index contributed by atoms with van der Waals surface area (Å²) in [5.41, 5.74) is -0.654. The van der Waals surface area contributed by atoms with E-state index < -0.39 is 11.6 Å². The lowest BCUT2D eigenvalue weighted by Crippen LogP contribution is -2.46. The molecule has 1 fully saturated rings. The van der Waals surface area contributed by atoms with Crippen molar-refractivity contribution >= 4 is 5.97 Å². The van der Waals surface area contributed by atoms with E-state index in [1.165, 1.54) is 0 Å². The van der Waals surface area contributed by atoms with Crippen LogP contribution >= 0.6 is 0 Å². The summed E-state index contributed by atoms with van der Waals surface area (Å²) in [6.07, 6.45) is 4.56. The molecule has 0 spiro atoms. The number of carbonyl (C=O) groups is 1. The fraction of sp³-hybridized carbons (Fsp3) is 0.500. The maximum atomic E-state index is 12.0. The van der Waals surface area contributed by atoms with Gasteiger partial charge in [-0.1, -0.05) is 24.3 Å². The van der Waals surface area contributed by atoms with Crippen LogP contribution in [0.2, 0.25) is 0 Å². The molecule has 0 amide bonds. The van der Waals surface area contributed by atoms with Crippen molar-refractivity contribution in [3.8, 4) is 0 Å². The molecular formula is C18H24O4. The van der Waals surface area contributed by atoms with E-state index in [9.17, 15) is 9.90 Å². The molecule has 1 aliphatic heterocycles. The van der Waals surface area contributed by atoms with Crippen molar-refractivity contribution in [1.29, 1.82) is 0 Å². The van der Waals surface area contributed by atoms with E-state index in [-0.39, 0.29) is 18.8 Å². The minimum atomic E-state index is -1.14. The molecule has 0 unspecified atom stereocenters. The highest BCUT2D eigenvalue weighted by Gasteiger charge is 2.39. The summed E-state index contributed by atoms with van der Waals surface area (Å²) in [5, 5.41) is 10.8. The fourth-order valence-corrected chi connectivity index (χ4v) is 2.72. The van der Waals surface area contributed by atoms with Crippen molar-refractivity contribution in [2.24, 2.45) is 0 Å². The minimum absolute atomic E-state index is 0.0529. The van der Waals surface area contributed by atoms with Crippen LogP contribution in [0.1, 0.15) is 43.0 Å². The van der Waals surface area contributed by atoms with Gasteiger partial charge in [-0.15, -0.1) is 6.58 Å². The zero-order valence-corrected chi connectivity index (χ0v) is 13.0. The van der Waals surface area contributed by atoms with Crippen LogP contribution in [0.5, 0.6) is 0 Å². The molecule has 0 aliphatic carbocycles. The van der Waals surface area contributed by atoms with E-state index in [0.29, 0.717) is 12.0 Å². The number of benzene rings is 1. The van der Waals surface area contributed by atoms with Crippen LogP contribution < -0.4 is 0 Å². The quantitative estimate of drug-likeness (QED) is 0.671. The van der Waals surface area contributed by atoms with Gasteiger partial charge in [0.2, 0.25) is 0 Å². The Morgan fingerprint density at radius 2 is 2.23 bits per heavy atom. The molecule has 1 heterocycles. The van der Waals surface area contributed by atoms with Crippen LogP contribution in [0, 0.1) is 0 Å². The Balaban J connectivity index is 1.95. The van der Waals surface area contributed by atoms with Crippen LogP contribution in [0.15, 0.2) is 43.0 Å². The van der Waals surface area contributed by atoms with E-state index >= 15 is 0 Å². The molecule has 22 heavy (non-hydrogen) atoms. The van der Waals surface area contributed by atoms with E-state index in [1.807, 2.05) is 19.1 Å². The number of esters is 1. The average Bonchev–Trinajstić information content (AvgIpc) is 2.66. The molecule has 0 bridgehead atoms. The highest BCUT2D eigenvalue weighted by atomic mass is 16.6. The molecule has 1 aliphatic rings. The first-order valence-corrected chi connectivity index (χ1v) is 7.76. The largest absolute Gasteiger partial charge is 0.459 e. The fourth-order valence-electron chi connectivity index (χ4n) is 2.72. The molecule has 4 heteroatoms. The standard InChI is InChI=1S/C18H24O4/c1-3-8-16-11-7-12-18(20,14(2)22-16)13-21-17(19)15-9-5-4-6-10-15/h3-6,9-10,14,16,20H,1,7-8,11-13H2,2H3/t14-,16+,18-/m1/s1. The van der Waals surface area contributed by atoms with Crippen molar-refractivity contribution in [3.63, 3.8) is 0 Å². The SMILES string of the molecule is C=CC[C@H]1CCC[C@@](O)(COC(=O)c2ccccc2)[C@@H](C)O1. The molecule has 120 valence electrons. The lowest BCUT2D eigenvalue weighted by Gasteiger charge is -2.32. The Morgan fingerprint density at radius 1 is 1.50 bits per heavy atom. The third-order valence-electron chi connectivity index (χ3n) is 4.18. The van der Waals surface area contributed by atoms with Gasteiger partial charge >= 0.3 is 5.97 Å². The van der Waals surface area contributed by atoms with Gasteiger partial charge in [-0.2, -0.15) is 0 Å². The Hall–Kier alpha value is -1.65. The predicted molar refractivity (Wildman–Crippen MR) is 84.7 cm³/mol. The smallest absolute Gasteiger partial charge is 0.338 e. The summed E-state index contributed by atoms with van der Waals surface area (Å²) in [7, 11) is 0. The third-order valence-corrected chi connectivity index (χ3v) is 4.18. The van der Waals surface area contributed by atoms with E-state index in [1.54, 1.807) is 24.3 Å². The highest BCUT2D eigenvalue weighted by Crippen LogP contribution is 2.29. The van der Waals surface area contributed by atoms with Gasteiger partial charge in [0.15, 0.2) is 0 Å². The molecule has 1 saturated heterocycles. The average molecular weight is 304 g/mol. The second-order valence-corrected chi connectivity index (χ2v) is 5.86. The van der Waals surface area contributed by atoms with Crippen molar-refractivity contribution in [2.45, 2.75) is 50.4 Å². The second kappa shape index (κ2) is 7.56. The van der Waals surface area contributed by atoms with Crippen molar-refractivity contribution in [1.82, 2.24) is 0 Å².